The second-order valence-electron chi connectivity index (χ2n) is 10.7. The van der Waals surface area contributed by atoms with Gasteiger partial charge in [0.1, 0.15) is 22.9 Å². The van der Waals surface area contributed by atoms with Crippen LogP contribution in [0.25, 0.3) is 10.2 Å². The Morgan fingerprint density at radius 3 is 2.74 bits per heavy atom. The molecular formula is C26H37N3O4S. The van der Waals surface area contributed by atoms with Crippen LogP contribution in [0.5, 0.6) is 5.88 Å². The van der Waals surface area contributed by atoms with Gasteiger partial charge in [0.05, 0.1) is 11.5 Å². The van der Waals surface area contributed by atoms with E-state index in [0.717, 1.165) is 55.2 Å². The number of carbonyl (C=O) groups excluding carboxylic acids is 1. The molecule has 2 aliphatic rings. The predicted octanol–water partition coefficient (Wildman–Crippen LogP) is 5.65. The van der Waals surface area contributed by atoms with Crippen molar-refractivity contribution >= 4 is 27.6 Å². The summed E-state index contributed by atoms with van der Waals surface area (Å²) in [4.78, 5) is 23.7. The Labute approximate surface area is 206 Å². The van der Waals surface area contributed by atoms with Gasteiger partial charge in [-0.1, -0.05) is 13.0 Å². The van der Waals surface area contributed by atoms with Gasteiger partial charge in [-0.3, -0.25) is 0 Å². The van der Waals surface area contributed by atoms with Crippen molar-refractivity contribution < 1.29 is 19.4 Å². The molecule has 8 heteroatoms. The summed E-state index contributed by atoms with van der Waals surface area (Å²) in [7, 11) is 0. The van der Waals surface area contributed by atoms with E-state index in [1.165, 1.54) is 10.4 Å². The Morgan fingerprint density at radius 1 is 1.35 bits per heavy atom. The molecule has 2 aromatic heterocycles. The van der Waals surface area contributed by atoms with Crippen molar-refractivity contribution in [3.05, 3.63) is 29.4 Å². The summed E-state index contributed by atoms with van der Waals surface area (Å²) >= 11 is 1.72. The van der Waals surface area contributed by atoms with Gasteiger partial charge >= 0.3 is 6.09 Å². The van der Waals surface area contributed by atoms with E-state index >= 15 is 0 Å². The van der Waals surface area contributed by atoms with Gasteiger partial charge in [0.25, 0.3) is 0 Å². The molecule has 0 aliphatic heterocycles. The Morgan fingerprint density at radius 2 is 2.09 bits per heavy atom. The lowest BCUT2D eigenvalue weighted by Crippen LogP contribution is -2.52. The Kier molecular flexibility index (Phi) is 7.20. The van der Waals surface area contributed by atoms with Crippen LogP contribution in [0.4, 0.5) is 4.79 Å². The molecule has 0 aromatic carbocycles. The van der Waals surface area contributed by atoms with E-state index in [2.05, 4.69) is 28.8 Å². The molecule has 0 spiro atoms. The van der Waals surface area contributed by atoms with Crippen LogP contribution in [0.2, 0.25) is 0 Å². The van der Waals surface area contributed by atoms with Gasteiger partial charge < -0.3 is 19.9 Å². The lowest BCUT2D eigenvalue weighted by atomic mass is 9.78. The largest absolute Gasteiger partial charge is 0.474 e. The summed E-state index contributed by atoms with van der Waals surface area (Å²) in [6.45, 7) is 11.5. The van der Waals surface area contributed by atoms with E-state index in [0.29, 0.717) is 12.3 Å². The summed E-state index contributed by atoms with van der Waals surface area (Å²) < 4.78 is 12.0. The molecule has 2 N–H and O–H groups in total. The van der Waals surface area contributed by atoms with Crippen LogP contribution in [0, 0.1) is 0 Å². The fourth-order valence-corrected chi connectivity index (χ4v) is 6.49. The minimum Gasteiger partial charge on any atom is -0.474 e. The van der Waals surface area contributed by atoms with Crippen molar-refractivity contribution in [1.82, 2.24) is 15.3 Å². The third-order valence-electron chi connectivity index (χ3n) is 7.10. The molecule has 0 saturated heterocycles. The SMILES string of the molecule is C=C[C@@H](O)C[C@H]1CCc2sc3ncnc(O[C@H]4CC[C@](CC)(NC(=O)OC(C)(C)C)CC4)c3c21. The minimum absolute atomic E-state index is 0.0346. The van der Waals surface area contributed by atoms with E-state index in [-0.39, 0.29) is 23.7 Å². The number of thiophene rings is 1. The van der Waals surface area contributed by atoms with Crippen LogP contribution in [0.3, 0.4) is 0 Å². The highest BCUT2D eigenvalue weighted by Crippen LogP contribution is 2.48. The standard InChI is InChI=1S/C26H37N3O4S/c1-6-17(30)14-16-8-9-19-20(16)21-22(27-15-28-23(21)34-19)32-18-10-12-26(7-2,13-11-18)29-24(31)33-25(3,4)5/h6,15-18,30H,1,7-14H2,2-5H3,(H,29,31)/t16-,17-,18-,26-/m1/s1. The second kappa shape index (κ2) is 9.82. The molecule has 0 unspecified atom stereocenters. The van der Waals surface area contributed by atoms with Crippen molar-refractivity contribution in [1.29, 1.82) is 0 Å². The Hall–Kier alpha value is -2.19. The first-order valence-corrected chi connectivity index (χ1v) is 13.2. The minimum atomic E-state index is -0.516. The van der Waals surface area contributed by atoms with Crippen LogP contribution in [0.1, 0.15) is 89.0 Å². The highest BCUT2D eigenvalue weighted by molar-refractivity contribution is 7.19. The van der Waals surface area contributed by atoms with Gasteiger partial charge in [-0.2, -0.15) is 0 Å². The van der Waals surface area contributed by atoms with Crippen molar-refractivity contribution in [2.75, 3.05) is 0 Å². The van der Waals surface area contributed by atoms with Crippen molar-refractivity contribution in [2.24, 2.45) is 0 Å². The summed E-state index contributed by atoms with van der Waals surface area (Å²) in [5, 5.41) is 14.3. The third kappa shape index (κ3) is 5.38. The second-order valence-corrected chi connectivity index (χ2v) is 11.7. The van der Waals surface area contributed by atoms with Crippen LogP contribution in [-0.2, 0) is 11.2 Å². The quantitative estimate of drug-likeness (QED) is 0.490. The molecule has 2 aliphatic carbocycles. The van der Waals surface area contributed by atoms with Crippen molar-refractivity contribution in [3.63, 3.8) is 0 Å². The third-order valence-corrected chi connectivity index (χ3v) is 8.28. The lowest BCUT2D eigenvalue weighted by molar-refractivity contribution is 0.0355. The number of rotatable bonds is 7. The number of fused-ring (bicyclic) bond motifs is 3. The zero-order chi connectivity index (χ0) is 24.5. The van der Waals surface area contributed by atoms with E-state index in [1.807, 2.05) is 20.8 Å². The van der Waals surface area contributed by atoms with Gasteiger partial charge in [-0.05, 0) is 83.6 Å². The maximum Gasteiger partial charge on any atom is 0.408 e. The van der Waals surface area contributed by atoms with Crippen LogP contribution in [0.15, 0.2) is 19.0 Å². The van der Waals surface area contributed by atoms with E-state index in [1.54, 1.807) is 23.7 Å². The monoisotopic (exact) mass is 487 g/mol. The first-order chi connectivity index (χ1) is 16.1. The zero-order valence-corrected chi connectivity index (χ0v) is 21.5. The molecule has 2 heterocycles. The molecule has 0 radical (unpaired) electrons. The summed E-state index contributed by atoms with van der Waals surface area (Å²) in [6, 6.07) is 0. The molecule has 0 bridgehead atoms. The molecule has 4 rings (SSSR count). The van der Waals surface area contributed by atoms with Crippen LogP contribution < -0.4 is 10.1 Å². The summed E-state index contributed by atoms with van der Waals surface area (Å²) in [5.41, 5.74) is 0.471. The van der Waals surface area contributed by atoms with Gasteiger partial charge in [-0.25, -0.2) is 14.8 Å². The Balaban J connectivity index is 1.47. The zero-order valence-electron chi connectivity index (χ0n) is 20.7. The lowest BCUT2D eigenvalue weighted by Gasteiger charge is -2.40. The van der Waals surface area contributed by atoms with Gasteiger partial charge in [0, 0.05) is 10.4 Å². The fraction of sp³-hybridized carbons (Fsp3) is 0.654. The number of ether oxygens (including phenoxy) is 2. The molecule has 1 saturated carbocycles. The number of hydrogen-bond acceptors (Lipinski definition) is 7. The van der Waals surface area contributed by atoms with Gasteiger partial charge in [0.15, 0.2) is 0 Å². The number of nitrogens with one attached hydrogen (secondary N) is 1. The van der Waals surface area contributed by atoms with Crippen LogP contribution in [-0.4, -0.2) is 44.5 Å². The topological polar surface area (TPSA) is 93.6 Å². The average Bonchev–Trinajstić information content (AvgIpc) is 3.34. The average molecular weight is 488 g/mol. The molecule has 34 heavy (non-hydrogen) atoms. The molecule has 2 atom stereocenters. The first-order valence-electron chi connectivity index (χ1n) is 12.4. The molecule has 186 valence electrons. The first kappa shape index (κ1) is 24.9. The van der Waals surface area contributed by atoms with Crippen LogP contribution >= 0.6 is 11.3 Å². The van der Waals surface area contributed by atoms with E-state index in [9.17, 15) is 9.90 Å². The molecule has 7 nitrogen and oxygen atoms in total. The number of amides is 1. The molecular weight excluding hydrogens is 450 g/mol. The van der Waals surface area contributed by atoms with E-state index in [4.69, 9.17) is 9.47 Å². The highest BCUT2D eigenvalue weighted by atomic mass is 32.1. The van der Waals surface area contributed by atoms with Gasteiger partial charge in [-0.15, -0.1) is 17.9 Å². The summed E-state index contributed by atoms with van der Waals surface area (Å²) in [5.74, 6) is 0.916. The van der Waals surface area contributed by atoms with E-state index < -0.39 is 11.7 Å². The number of hydrogen-bond donors (Lipinski definition) is 2. The number of aliphatic hydroxyl groups excluding tert-OH is 1. The maximum absolute atomic E-state index is 12.4. The van der Waals surface area contributed by atoms with Gasteiger partial charge in [0.2, 0.25) is 5.88 Å². The van der Waals surface area contributed by atoms with Crippen molar-refractivity contribution in [2.45, 2.75) is 108 Å². The fourth-order valence-electron chi connectivity index (χ4n) is 5.26. The number of aliphatic hydroxyl groups is 1. The molecule has 1 fully saturated rings. The molecule has 1 amide bonds. The number of carbonyl (C=O) groups is 1. The number of alkyl carbamates (subject to hydrolysis) is 1. The summed E-state index contributed by atoms with van der Waals surface area (Å²) in [6.07, 6.45) is 9.22. The smallest absolute Gasteiger partial charge is 0.408 e. The Bertz CT molecular complexity index is 1040. The highest BCUT2D eigenvalue weighted by Gasteiger charge is 2.38. The number of nitrogens with zero attached hydrogens (tertiary/aromatic N) is 2. The number of aryl methyl sites for hydroxylation is 1. The number of aromatic nitrogens is 2. The normalized spacial score (nSPS) is 25.6. The predicted molar refractivity (Wildman–Crippen MR) is 135 cm³/mol. The molecule has 2 aromatic rings. The van der Waals surface area contributed by atoms with Crippen molar-refractivity contribution in [3.8, 4) is 5.88 Å². The maximum atomic E-state index is 12.4.